The number of sulfone groups is 1. The predicted molar refractivity (Wildman–Crippen MR) is 85.0 cm³/mol. The van der Waals surface area contributed by atoms with E-state index in [-0.39, 0.29) is 22.3 Å². The molecule has 5 nitrogen and oxygen atoms in total. The van der Waals surface area contributed by atoms with Crippen molar-refractivity contribution in [2.24, 2.45) is 0 Å². The maximum atomic E-state index is 12.7. The van der Waals surface area contributed by atoms with Crippen molar-refractivity contribution in [3.05, 3.63) is 53.3 Å². The predicted octanol–water partition coefficient (Wildman–Crippen LogP) is 2.52. The summed E-state index contributed by atoms with van der Waals surface area (Å²) in [4.78, 5) is 12.9. The fourth-order valence-electron chi connectivity index (χ4n) is 2.92. The number of carbonyl (C=O) groups excluding carboxylic acids is 1. The highest BCUT2D eigenvalue weighted by molar-refractivity contribution is 7.91. The van der Waals surface area contributed by atoms with E-state index in [4.69, 9.17) is 5.26 Å². The van der Waals surface area contributed by atoms with Crippen molar-refractivity contribution in [1.29, 1.82) is 5.26 Å². The molecule has 1 unspecified atom stereocenters. The van der Waals surface area contributed by atoms with Gasteiger partial charge in [0.2, 0.25) is 5.78 Å². The summed E-state index contributed by atoms with van der Waals surface area (Å²) in [6, 6.07) is 11.9. The summed E-state index contributed by atoms with van der Waals surface area (Å²) < 4.78 is 25.8. The average molecular weight is 328 g/mol. The zero-order valence-electron chi connectivity index (χ0n) is 12.7. The molecule has 2 heterocycles. The van der Waals surface area contributed by atoms with Gasteiger partial charge in [-0.25, -0.2) is 8.42 Å². The Balaban J connectivity index is 2.00. The number of hydrogen-bond donors (Lipinski definition) is 0. The van der Waals surface area contributed by atoms with E-state index in [0.29, 0.717) is 24.2 Å². The van der Waals surface area contributed by atoms with Crippen LogP contribution >= 0.6 is 0 Å². The van der Waals surface area contributed by atoms with Gasteiger partial charge in [0.05, 0.1) is 28.3 Å². The van der Waals surface area contributed by atoms with Crippen LogP contribution in [0.1, 0.15) is 41.0 Å². The van der Waals surface area contributed by atoms with E-state index >= 15 is 0 Å². The van der Waals surface area contributed by atoms with Gasteiger partial charge in [0, 0.05) is 17.8 Å². The second-order valence-corrected chi connectivity index (χ2v) is 7.80. The minimum absolute atomic E-state index is 0.00494. The number of fused-ring (bicyclic) bond motifs is 1. The van der Waals surface area contributed by atoms with Gasteiger partial charge in [-0.15, -0.1) is 0 Å². The maximum absolute atomic E-state index is 12.7. The van der Waals surface area contributed by atoms with Crippen molar-refractivity contribution in [3.63, 3.8) is 0 Å². The van der Waals surface area contributed by atoms with Crippen molar-refractivity contribution in [2.75, 3.05) is 5.75 Å². The molecule has 0 saturated heterocycles. The first-order chi connectivity index (χ1) is 11.0. The van der Waals surface area contributed by atoms with E-state index in [9.17, 15) is 13.2 Å². The highest BCUT2D eigenvalue weighted by atomic mass is 32.2. The molecule has 0 radical (unpaired) electrons. The smallest absolute Gasteiger partial charge is 0.209 e. The molecule has 3 rings (SSSR count). The Morgan fingerprint density at radius 3 is 2.83 bits per heavy atom. The molecule has 0 N–H and O–H groups in total. The lowest BCUT2D eigenvalue weighted by Crippen LogP contribution is -2.10. The SMILES string of the molecule is CCS(=O)(=O)c1cccc(C(=O)c2ccc3n2CCC3C#N)c1. The van der Waals surface area contributed by atoms with Crippen molar-refractivity contribution in [1.82, 2.24) is 4.57 Å². The lowest BCUT2D eigenvalue weighted by Gasteiger charge is -2.07. The zero-order chi connectivity index (χ0) is 16.6. The van der Waals surface area contributed by atoms with Crippen molar-refractivity contribution in [2.45, 2.75) is 30.7 Å². The Labute approximate surface area is 135 Å². The summed E-state index contributed by atoms with van der Waals surface area (Å²) in [6.07, 6.45) is 0.706. The summed E-state index contributed by atoms with van der Waals surface area (Å²) in [5.41, 5.74) is 1.71. The molecular weight excluding hydrogens is 312 g/mol. The van der Waals surface area contributed by atoms with Crippen LogP contribution in [0.15, 0.2) is 41.3 Å². The summed E-state index contributed by atoms with van der Waals surface area (Å²) >= 11 is 0. The number of hydrogen-bond acceptors (Lipinski definition) is 4. The molecule has 1 aromatic heterocycles. The lowest BCUT2D eigenvalue weighted by atomic mass is 10.1. The van der Waals surface area contributed by atoms with Gasteiger partial charge in [-0.3, -0.25) is 4.79 Å². The second kappa shape index (κ2) is 5.67. The Morgan fingerprint density at radius 1 is 1.35 bits per heavy atom. The van der Waals surface area contributed by atoms with E-state index < -0.39 is 9.84 Å². The standard InChI is InChI=1S/C17H16N2O3S/c1-2-23(21,22)14-5-3-4-12(10-14)17(20)16-7-6-15-13(11-18)8-9-19(15)16/h3-7,10,13H,2,8-9H2,1H3. The highest BCUT2D eigenvalue weighted by Gasteiger charge is 2.27. The molecular formula is C17H16N2O3S. The largest absolute Gasteiger partial charge is 0.341 e. The number of aromatic nitrogens is 1. The fourth-order valence-corrected chi connectivity index (χ4v) is 3.84. The van der Waals surface area contributed by atoms with Crippen LogP contribution in [0.5, 0.6) is 0 Å². The Kier molecular flexibility index (Phi) is 3.82. The van der Waals surface area contributed by atoms with Gasteiger partial charge in [0.25, 0.3) is 0 Å². The summed E-state index contributed by atoms with van der Waals surface area (Å²) in [5.74, 6) is -0.402. The number of rotatable bonds is 4. The van der Waals surface area contributed by atoms with Crippen LogP contribution < -0.4 is 0 Å². The highest BCUT2D eigenvalue weighted by Crippen LogP contribution is 2.30. The molecule has 0 saturated carbocycles. The third kappa shape index (κ3) is 2.57. The third-order valence-electron chi connectivity index (χ3n) is 4.24. The second-order valence-electron chi connectivity index (χ2n) is 5.53. The van der Waals surface area contributed by atoms with E-state index in [2.05, 4.69) is 6.07 Å². The molecule has 0 amide bonds. The van der Waals surface area contributed by atoms with Gasteiger partial charge in [0.1, 0.15) is 0 Å². The monoisotopic (exact) mass is 328 g/mol. The van der Waals surface area contributed by atoms with Gasteiger partial charge in [-0.2, -0.15) is 5.26 Å². The topological polar surface area (TPSA) is 79.9 Å². The first-order valence-corrected chi connectivity index (χ1v) is 9.09. The third-order valence-corrected chi connectivity index (χ3v) is 5.97. The van der Waals surface area contributed by atoms with E-state index in [1.807, 2.05) is 4.57 Å². The number of nitrogens with zero attached hydrogens (tertiary/aromatic N) is 2. The molecule has 1 aromatic carbocycles. The van der Waals surface area contributed by atoms with Gasteiger partial charge in [-0.1, -0.05) is 19.1 Å². The molecule has 0 aliphatic carbocycles. The molecule has 1 aliphatic rings. The number of ketones is 1. The number of nitriles is 1. The molecule has 0 bridgehead atoms. The molecule has 1 atom stereocenters. The van der Waals surface area contributed by atoms with Gasteiger partial charge in [0.15, 0.2) is 9.84 Å². The van der Waals surface area contributed by atoms with Crippen molar-refractivity contribution < 1.29 is 13.2 Å². The van der Waals surface area contributed by atoms with Crippen LogP contribution in [0, 0.1) is 11.3 Å². The van der Waals surface area contributed by atoms with Gasteiger partial charge >= 0.3 is 0 Å². The van der Waals surface area contributed by atoms with E-state index in [1.54, 1.807) is 31.2 Å². The van der Waals surface area contributed by atoms with Crippen LogP contribution in [0.3, 0.4) is 0 Å². The van der Waals surface area contributed by atoms with E-state index in [1.165, 1.54) is 12.1 Å². The van der Waals surface area contributed by atoms with Crippen LogP contribution in [-0.4, -0.2) is 24.5 Å². The van der Waals surface area contributed by atoms with Gasteiger partial charge < -0.3 is 4.57 Å². The maximum Gasteiger partial charge on any atom is 0.209 e. The molecule has 118 valence electrons. The first-order valence-electron chi connectivity index (χ1n) is 7.44. The number of benzene rings is 1. The quantitative estimate of drug-likeness (QED) is 0.808. The number of carbonyl (C=O) groups is 1. The van der Waals surface area contributed by atoms with Crippen LogP contribution in [0.25, 0.3) is 0 Å². The Morgan fingerprint density at radius 2 is 2.13 bits per heavy atom. The normalized spacial score (nSPS) is 16.8. The zero-order valence-corrected chi connectivity index (χ0v) is 13.5. The Hall–Kier alpha value is -2.39. The Bertz CT molecular complexity index is 920. The van der Waals surface area contributed by atoms with Crippen LogP contribution in [0.2, 0.25) is 0 Å². The first kappa shape index (κ1) is 15.5. The molecule has 0 fully saturated rings. The molecule has 1 aliphatic heterocycles. The average Bonchev–Trinajstić information content (AvgIpc) is 3.15. The van der Waals surface area contributed by atoms with Crippen molar-refractivity contribution in [3.8, 4) is 6.07 Å². The fraction of sp³-hybridized carbons (Fsp3) is 0.294. The summed E-state index contributed by atoms with van der Waals surface area (Å²) in [6.45, 7) is 2.21. The minimum Gasteiger partial charge on any atom is -0.341 e. The molecule has 6 heteroatoms. The summed E-state index contributed by atoms with van der Waals surface area (Å²) in [5, 5.41) is 9.12. The molecule has 23 heavy (non-hydrogen) atoms. The van der Waals surface area contributed by atoms with Gasteiger partial charge in [-0.05, 0) is 30.7 Å². The van der Waals surface area contributed by atoms with E-state index in [0.717, 1.165) is 5.69 Å². The summed E-state index contributed by atoms with van der Waals surface area (Å²) in [7, 11) is -3.35. The minimum atomic E-state index is -3.35. The van der Waals surface area contributed by atoms with Crippen molar-refractivity contribution >= 4 is 15.6 Å². The van der Waals surface area contributed by atoms with Crippen LogP contribution in [0.4, 0.5) is 0 Å². The molecule has 0 spiro atoms. The lowest BCUT2D eigenvalue weighted by molar-refractivity contribution is 0.103. The molecule has 2 aromatic rings. The van der Waals surface area contributed by atoms with Crippen LogP contribution in [-0.2, 0) is 16.4 Å².